The lowest BCUT2D eigenvalue weighted by Crippen LogP contribution is -2.41. The van der Waals surface area contributed by atoms with Gasteiger partial charge in [-0.25, -0.2) is 0 Å². The van der Waals surface area contributed by atoms with E-state index in [9.17, 15) is 0 Å². The van der Waals surface area contributed by atoms with Crippen LogP contribution in [0.3, 0.4) is 0 Å². The molecule has 0 fully saturated rings. The highest BCUT2D eigenvalue weighted by Gasteiger charge is 2.66. The van der Waals surface area contributed by atoms with Gasteiger partial charge in [-0.15, -0.1) is 0 Å². The van der Waals surface area contributed by atoms with Crippen molar-refractivity contribution < 1.29 is 28.1 Å². The van der Waals surface area contributed by atoms with Crippen LogP contribution in [0.2, 0.25) is 0 Å². The average molecular weight is 478 g/mol. The quantitative estimate of drug-likeness (QED) is 0.549. The van der Waals surface area contributed by atoms with Gasteiger partial charge in [0, 0.05) is 10.3 Å². The van der Waals surface area contributed by atoms with Crippen LogP contribution in [-0.2, 0) is 9.13 Å². The SMILES string of the molecule is COc1cccc2c1[P@@](=O)(C(C)(C)C)[C@@H]([C@@H]1Oc3cccc(OC)c3[P@@]1(=O)C(C)(C)C)O2. The fourth-order valence-corrected chi connectivity index (χ4v) is 12.5. The third-order valence-electron chi connectivity index (χ3n) is 6.48. The van der Waals surface area contributed by atoms with Crippen LogP contribution in [0.1, 0.15) is 41.5 Å². The van der Waals surface area contributed by atoms with E-state index in [1.54, 1.807) is 38.5 Å². The normalized spacial score (nSPS) is 29.0. The maximum atomic E-state index is 15.0. The first kappa shape index (κ1) is 23.3. The molecule has 0 spiro atoms. The van der Waals surface area contributed by atoms with E-state index in [2.05, 4.69) is 0 Å². The lowest BCUT2D eigenvalue weighted by atomic mass is 10.2. The average Bonchev–Trinajstić information content (AvgIpc) is 3.20. The van der Waals surface area contributed by atoms with Gasteiger partial charge < -0.3 is 28.1 Å². The molecular weight excluding hydrogens is 446 g/mol. The van der Waals surface area contributed by atoms with E-state index >= 15 is 9.13 Å². The Balaban J connectivity index is 1.99. The summed E-state index contributed by atoms with van der Waals surface area (Å²) in [7, 11) is -3.57. The topological polar surface area (TPSA) is 71.1 Å². The van der Waals surface area contributed by atoms with Gasteiger partial charge in [-0.1, -0.05) is 53.7 Å². The molecule has 2 aromatic carbocycles. The van der Waals surface area contributed by atoms with Crippen LogP contribution in [0.4, 0.5) is 0 Å². The summed E-state index contributed by atoms with van der Waals surface area (Å²) in [4.78, 5) is 0. The van der Waals surface area contributed by atoms with Crippen molar-refractivity contribution >= 4 is 24.9 Å². The van der Waals surface area contributed by atoms with Crippen molar-refractivity contribution in [3.05, 3.63) is 36.4 Å². The summed E-state index contributed by atoms with van der Waals surface area (Å²) in [5.74, 6) is 0.190. The molecule has 0 radical (unpaired) electrons. The second-order valence-electron chi connectivity index (χ2n) is 10.3. The van der Waals surface area contributed by atoms with E-state index in [1.807, 2.05) is 53.7 Å². The molecule has 0 aliphatic carbocycles. The van der Waals surface area contributed by atoms with Gasteiger partial charge in [0.05, 0.1) is 24.8 Å². The van der Waals surface area contributed by atoms with Crippen LogP contribution in [0, 0.1) is 0 Å². The predicted molar refractivity (Wildman–Crippen MR) is 129 cm³/mol. The standard InChI is InChI=1S/C24H32O6P2/c1-23(2,3)31(25)19-15(27-7)11-9-13-17(19)29-21(31)22-30-18-14-10-12-16(28-8)20(18)32(22,26)24(4,5)6/h9-14,21-22H,1-8H3/t21-,22+,31-,32-/m0/s1. The number of methoxy groups -OCH3 is 2. The molecule has 0 N–H and O–H groups in total. The minimum atomic E-state index is -3.34. The molecule has 2 heterocycles. The molecule has 0 unspecified atom stereocenters. The lowest BCUT2D eigenvalue weighted by molar-refractivity contribution is 0.162. The maximum Gasteiger partial charge on any atom is 0.199 e. The highest BCUT2D eigenvalue weighted by Crippen LogP contribution is 2.76. The first-order valence-electron chi connectivity index (χ1n) is 10.7. The smallest absolute Gasteiger partial charge is 0.199 e. The van der Waals surface area contributed by atoms with Crippen LogP contribution in [-0.4, -0.2) is 36.2 Å². The summed E-state index contributed by atoms with van der Waals surface area (Å²) >= 11 is 0. The van der Waals surface area contributed by atoms with Gasteiger partial charge in [0.15, 0.2) is 26.0 Å². The molecule has 0 saturated heterocycles. The molecular formula is C24H32O6P2. The summed E-state index contributed by atoms with van der Waals surface area (Å²) < 4.78 is 54.0. The fraction of sp³-hybridized carbons (Fsp3) is 0.500. The van der Waals surface area contributed by atoms with Crippen molar-refractivity contribution in [1.29, 1.82) is 0 Å². The first-order valence-corrected chi connectivity index (χ1v) is 14.3. The molecule has 0 amide bonds. The minimum Gasteiger partial charge on any atom is -0.496 e. The zero-order valence-electron chi connectivity index (χ0n) is 20.0. The van der Waals surface area contributed by atoms with E-state index in [0.29, 0.717) is 33.6 Å². The fourth-order valence-electron chi connectivity index (χ4n) is 4.75. The Hall–Kier alpha value is -1.90. The van der Waals surface area contributed by atoms with E-state index in [1.165, 1.54) is 0 Å². The van der Waals surface area contributed by atoms with Crippen LogP contribution >= 0.6 is 14.3 Å². The van der Waals surface area contributed by atoms with Crippen molar-refractivity contribution in [3.8, 4) is 23.0 Å². The Labute approximate surface area is 190 Å². The van der Waals surface area contributed by atoms with Crippen LogP contribution in [0.15, 0.2) is 36.4 Å². The maximum absolute atomic E-state index is 15.0. The summed E-state index contributed by atoms with van der Waals surface area (Å²) in [5, 5.41) is -0.232. The molecule has 2 aromatic rings. The molecule has 4 atom stereocenters. The Bertz CT molecular complexity index is 1070. The second-order valence-corrected chi connectivity index (χ2v) is 17.5. The van der Waals surface area contributed by atoms with Crippen LogP contribution in [0.5, 0.6) is 23.0 Å². The molecule has 0 saturated carbocycles. The molecule has 6 nitrogen and oxygen atoms in total. The van der Waals surface area contributed by atoms with Gasteiger partial charge in [-0.05, 0) is 24.3 Å². The van der Waals surface area contributed by atoms with Gasteiger partial charge in [-0.3, -0.25) is 0 Å². The van der Waals surface area contributed by atoms with Crippen molar-refractivity contribution in [2.45, 2.75) is 63.5 Å². The summed E-state index contributed by atoms with van der Waals surface area (Å²) in [6, 6.07) is 10.8. The molecule has 2 aliphatic heterocycles. The molecule has 0 aromatic heterocycles. The predicted octanol–water partition coefficient (Wildman–Crippen LogP) is 5.41. The van der Waals surface area contributed by atoms with Gasteiger partial charge in [0.25, 0.3) is 0 Å². The number of fused-ring (bicyclic) bond motifs is 2. The van der Waals surface area contributed by atoms with E-state index in [4.69, 9.17) is 18.9 Å². The third-order valence-corrected chi connectivity index (χ3v) is 15.1. The molecule has 8 heteroatoms. The van der Waals surface area contributed by atoms with Crippen LogP contribution in [0.25, 0.3) is 0 Å². The third kappa shape index (κ3) is 2.92. The number of ether oxygens (including phenoxy) is 4. The number of hydrogen-bond donors (Lipinski definition) is 0. The molecule has 4 rings (SSSR count). The monoisotopic (exact) mass is 478 g/mol. The summed E-state index contributed by atoms with van der Waals surface area (Å²) in [5.41, 5.74) is 0. The van der Waals surface area contributed by atoms with Crippen molar-refractivity contribution in [1.82, 2.24) is 0 Å². The van der Waals surface area contributed by atoms with Gasteiger partial charge in [0.2, 0.25) is 0 Å². The zero-order chi connectivity index (χ0) is 23.7. The highest BCUT2D eigenvalue weighted by molar-refractivity contribution is 7.78. The zero-order valence-corrected chi connectivity index (χ0v) is 21.8. The molecule has 2 aliphatic rings. The van der Waals surface area contributed by atoms with Crippen LogP contribution < -0.4 is 29.6 Å². The number of hydrogen-bond acceptors (Lipinski definition) is 6. The van der Waals surface area contributed by atoms with Crippen molar-refractivity contribution in [2.75, 3.05) is 14.2 Å². The summed E-state index contributed by atoms with van der Waals surface area (Å²) in [6.07, 6.45) is 0. The van der Waals surface area contributed by atoms with Gasteiger partial charge >= 0.3 is 0 Å². The molecule has 32 heavy (non-hydrogen) atoms. The molecule has 174 valence electrons. The number of rotatable bonds is 3. The van der Waals surface area contributed by atoms with Crippen molar-refractivity contribution in [2.24, 2.45) is 0 Å². The lowest BCUT2D eigenvalue weighted by Gasteiger charge is -2.39. The van der Waals surface area contributed by atoms with E-state index < -0.39 is 36.3 Å². The van der Waals surface area contributed by atoms with Crippen molar-refractivity contribution in [3.63, 3.8) is 0 Å². The largest absolute Gasteiger partial charge is 0.496 e. The minimum absolute atomic E-state index is 0.500. The molecule has 0 bridgehead atoms. The second kappa shape index (κ2) is 7.30. The van der Waals surface area contributed by atoms with Gasteiger partial charge in [-0.2, -0.15) is 0 Å². The summed E-state index contributed by atoms with van der Waals surface area (Å²) in [6.45, 7) is 11.6. The van der Waals surface area contributed by atoms with E-state index in [0.717, 1.165) is 0 Å². The Morgan fingerprint density at radius 2 is 1.03 bits per heavy atom. The highest BCUT2D eigenvalue weighted by atomic mass is 31.2. The van der Waals surface area contributed by atoms with Gasteiger partial charge in [0.1, 0.15) is 23.0 Å². The Morgan fingerprint density at radius 3 is 1.31 bits per heavy atom. The Morgan fingerprint density at radius 1 is 0.688 bits per heavy atom. The van der Waals surface area contributed by atoms with E-state index in [-0.39, 0.29) is 0 Å². The first-order chi connectivity index (χ1) is 14.8. The Kier molecular flexibility index (Phi) is 5.31. The number of benzene rings is 2.